The molecule has 0 aliphatic rings. The van der Waals surface area contributed by atoms with Crippen molar-refractivity contribution in [2.24, 2.45) is 0 Å². The molecule has 0 bridgehead atoms. The van der Waals surface area contributed by atoms with Crippen LogP contribution in [-0.4, -0.2) is 9.97 Å². The van der Waals surface area contributed by atoms with Crippen molar-refractivity contribution in [1.29, 1.82) is 0 Å². The topological polar surface area (TPSA) is 25.8 Å². The van der Waals surface area contributed by atoms with Crippen molar-refractivity contribution in [3.8, 4) is 10.6 Å². The molecule has 0 amide bonds. The predicted octanol–water partition coefficient (Wildman–Crippen LogP) is 3.48. The van der Waals surface area contributed by atoms with Gasteiger partial charge in [0.2, 0.25) is 5.28 Å². The lowest BCUT2D eigenvalue weighted by molar-refractivity contribution is 1.14. The molecule has 2 aromatic rings. The van der Waals surface area contributed by atoms with E-state index < -0.39 is 0 Å². The van der Waals surface area contributed by atoms with Crippen molar-refractivity contribution in [1.82, 2.24) is 9.97 Å². The van der Waals surface area contributed by atoms with Gasteiger partial charge in [-0.2, -0.15) is 0 Å². The summed E-state index contributed by atoms with van der Waals surface area (Å²) in [6, 6.07) is 4.14. The Bertz CT molecular complexity index is 465. The highest BCUT2D eigenvalue weighted by Gasteiger charge is 2.07. The first-order valence-electron chi connectivity index (χ1n) is 4.23. The lowest BCUT2D eigenvalue weighted by Gasteiger charge is -2.00. The number of thiophene rings is 1. The van der Waals surface area contributed by atoms with E-state index in [1.54, 1.807) is 17.5 Å². The summed E-state index contributed by atoms with van der Waals surface area (Å²) in [4.78, 5) is 10.6. The van der Waals surface area contributed by atoms with E-state index in [4.69, 9.17) is 11.6 Å². The summed E-state index contributed by atoms with van der Waals surface area (Å²) in [7, 11) is 0. The second-order valence-electron chi connectivity index (χ2n) is 3.08. The van der Waals surface area contributed by atoms with Gasteiger partial charge in [0.15, 0.2) is 0 Å². The summed E-state index contributed by atoms with van der Waals surface area (Å²) < 4.78 is 0. The van der Waals surface area contributed by atoms with Gasteiger partial charge in [-0.05, 0) is 43.1 Å². The maximum Gasteiger partial charge on any atom is 0.222 e. The number of hydrogen-bond donors (Lipinski definition) is 0. The van der Waals surface area contributed by atoms with Crippen LogP contribution in [0.5, 0.6) is 0 Å². The molecule has 0 fully saturated rings. The van der Waals surface area contributed by atoms with E-state index >= 15 is 0 Å². The highest BCUT2D eigenvalue weighted by Crippen LogP contribution is 2.28. The monoisotopic (exact) mass is 224 g/mol. The summed E-state index contributed by atoms with van der Waals surface area (Å²) in [5.74, 6) is 0. The highest BCUT2D eigenvalue weighted by atomic mass is 35.5. The second-order valence-corrected chi connectivity index (χ2v) is 4.71. The smallest absolute Gasteiger partial charge is 0.222 e. The van der Waals surface area contributed by atoms with Gasteiger partial charge in [-0.3, -0.25) is 0 Å². The van der Waals surface area contributed by atoms with Crippen molar-refractivity contribution in [3.63, 3.8) is 0 Å². The van der Waals surface area contributed by atoms with Crippen LogP contribution in [0.15, 0.2) is 18.3 Å². The summed E-state index contributed by atoms with van der Waals surface area (Å²) in [6.45, 7) is 4.06. The van der Waals surface area contributed by atoms with E-state index in [9.17, 15) is 0 Å². The molecule has 4 heteroatoms. The maximum absolute atomic E-state index is 5.76. The van der Waals surface area contributed by atoms with Crippen LogP contribution in [-0.2, 0) is 0 Å². The molecule has 0 aliphatic heterocycles. The Labute approximate surface area is 91.6 Å². The fourth-order valence-corrected chi connectivity index (χ4v) is 2.29. The third-order valence-corrected chi connectivity index (χ3v) is 3.11. The molecule has 0 saturated heterocycles. The number of nitrogens with zero attached hydrogens (tertiary/aromatic N) is 2. The highest BCUT2D eigenvalue weighted by molar-refractivity contribution is 7.15. The second kappa shape index (κ2) is 3.67. The first-order chi connectivity index (χ1) is 6.66. The Hall–Kier alpha value is -0.930. The van der Waals surface area contributed by atoms with Crippen molar-refractivity contribution >= 4 is 22.9 Å². The van der Waals surface area contributed by atoms with E-state index in [0.717, 1.165) is 16.1 Å². The van der Waals surface area contributed by atoms with Gasteiger partial charge in [0, 0.05) is 11.1 Å². The zero-order valence-corrected chi connectivity index (χ0v) is 9.49. The zero-order valence-electron chi connectivity index (χ0n) is 7.91. The molecule has 0 unspecified atom stereocenters. The molecule has 0 spiro atoms. The molecular weight excluding hydrogens is 216 g/mol. The lowest BCUT2D eigenvalue weighted by atomic mass is 10.2. The van der Waals surface area contributed by atoms with Crippen molar-refractivity contribution in [2.45, 2.75) is 13.8 Å². The Morgan fingerprint density at radius 3 is 2.71 bits per heavy atom. The molecule has 0 N–H and O–H groups in total. The molecule has 0 atom stereocenters. The van der Waals surface area contributed by atoms with Crippen LogP contribution in [0.1, 0.15) is 10.4 Å². The van der Waals surface area contributed by atoms with Crippen molar-refractivity contribution in [2.75, 3.05) is 0 Å². The van der Waals surface area contributed by atoms with Crippen LogP contribution in [0, 0.1) is 13.8 Å². The van der Waals surface area contributed by atoms with Crippen molar-refractivity contribution in [3.05, 3.63) is 34.1 Å². The van der Waals surface area contributed by atoms with Gasteiger partial charge in [-0.25, -0.2) is 9.97 Å². The number of rotatable bonds is 1. The van der Waals surface area contributed by atoms with Crippen molar-refractivity contribution < 1.29 is 0 Å². The summed E-state index contributed by atoms with van der Waals surface area (Å²) in [5, 5.41) is 0.302. The molecular formula is C10H9ClN2S. The SMILES string of the molecule is Cc1ccc(-c2nc(Cl)ncc2C)s1. The van der Waals surface area contributed by atoms with Crippen LogP contribution >= 0.6 is 22.9 Å². The standard InChI is InChI=1S/C10H9ClN2S/c1-6-5-12-10(11)13-9(6)8-4-3-7(2)14-8/h3-5H,1-2H3. The molecule has 0 aliphatic carbocycles. The van der Waals surface area contributed by atoms with Gasteiger partial charge in [-0.1, -0.05) is 0 Å². The molecule has 0 radical (unpaired) electrons. The average Bonchev–Trinajstić information content (AvgIpc) is 2.56. The van der Waals surface area contributed by atoms with Crippen LogP contribution in [0.4, 0.5) is 0 Å². The summed E-state index contributed by atoms with van der Waals surface area (Å²) >= 11 is 7.47. The van der Waals surface area contributed by atoms with Gasteiger partial charge in [0.05, 0.1) is 10.6 Å². The van der Waals surface area contributed by atoms with Crippen LogP contribution in [0.3, 0.4) is 0 Å². The summed E-state index contributed by atoms with van der Waals surface area (Å²) in [6.07, 6.45) is 1.75. The predicted molar refractivity (Wildman–Crippen MR) is 59.8 cm³/mol. The molecule has 2 rings (SSSR count). The molecule has 2 aromatic heterocycles. The minimum absolute atomic E-state index is 0.302. The number of hydrogen-bond acceptors (Lipinski definition) is 3. The minimum Gasteiger partial charge on any atom is -0.226 e. The molecule has 0 aromatic carbocycles. The van der Waals surface area contributed by atoms with Gasteiger partial charge in [0.25, 0.3) is 0 Å². The van der Waals surface area contributed by atoms with Gasteiger partial charge < -0.3 is 0 Å². The van der Waals surface area contributed by atoms with E-state index in [1.807, 2.05) is 6.92 Å². The fourth-order valence-electron chi connectivity index (χ4n) is 1.23. The normalized spacial score (nSPS) is 10.5. The molecule has 2 heterocycles. The lowest BCUT2D eigenvalue weighted by Crippen LogP contribution is -1.89. The molecule has 2 nitrogen and oxygen atoms in total. The van der Waals surface area contributed by atoms with Gasteiger partial charge in [0.1, 0.15) is 0 Å². The van der Waals surface area contributed by atoms with Crippen LogP contribution in [0.2, 0.25) is 5.28 Å². The number of aryl methyl sites for hydroxylation is 2. The first-order valence-corrected chi connectivity index (χ1v) is 5.42. The van der Waals surface area contributed by atoms with E-state index in [1.165, 1.54) is 4.88 Å². The minimum atomic E-state index is 0.302. The Morgan fingerprint density at radius 1 is 1.29 bits per heavy atom. The number of halogens is 1. The molecule has 14 heavy (non-hydrogen) atoms. The Kier molecular flexibility index (Phi) is 2.52. The Morgan fingerprint density at radius 2 is 2.07 bits per heavy atom. The van der Waals surface area contributed by atoms with Gasteiger partial charge in [-0.15, -0.1) is 11.3 Å². The Balaban J connectivity index is 2.55. The third-order valence-electron chi connectivity index (χ3n) is 1.92. The van der Waals surface area contributed by atoms with Gasteiger partial charge >= 0.3 is 0 Å². The van der Waals surface area contributed by atoms with E-state index in [-0.39, 0.29) is 0 Å². The maximum atomic E-state index is 5.76. The van der Waals surface area contributed by atoms with E-state index in [0.29, 0.717) is 5.28 Å². The van der Waals surface area contributed by atoms with Crippen LogP contribution in [0.25, 0.3) is 10.6 Å². The number of aromatic nitrogens is 2. The molecule has 72 valence electrons. The fraction of sp³-hybridized carbons (Fsp3) is 0.200. The molecule has 0 saturated carbocycles. The average molecular weight is 225 g/mol. The third kappa shape index (κ3) is 1.79. The summed E-state index contributed by atoms with van der Waals surface area (Å²) in [5.41, 5.74) is 1.99. The largest absolute Gasteiger partial charge is 0.226 e. The van der Waals surface area contributed by atoms with Crippen LogP contribution < -0.4 is 0 Å². The quantitative estimate of drug-likeness (QED) is 0.694. The van der Waals surface area contributed by atoms with E-state index in [2.05, 4.69) is 29.0 Å². The zero-order chi connectivity index (χ0) is 10.1. The first kappa shape index (κ1) is 9.62.